The Hall–Kier alpha value is -8.20. The third-order valence-electron chi connectivity index (χ3n) is 12.4. The zero-order valence-electron chi connectivity index (χ0n) is 33.9. The fourth-order valence-corrected chi connectivity index (χ4v) is 9.26. The Morgan fingerprint density at radius 2 is 0.742 bits per heavy atom. The van der Waals surface area contributed by atoms with Gasteiger partial charge in [0.05, 0.1) is 5.69 Å². The molecule has 0 unspecified atom stereocenters. The number of hydrogen-bond donors (Lipinski definition) is 0. The fourth-order valence-electron chi connectivity index (χ4n) is 9.26. The number of nitrogens with zero attached hydrogens (tertiary/aromatic N) is 1. The number of rotatable bonds is 7. The summed E-state index contributed by atoms with van der Waals surface area (Å²) in [6, 6.07) is 85.7. The molecule has 62 heavy (non-hydrogen) atoms. The average Bonchev–Trinajstić information content (AvgIpc) is 3.72. The van der Waals surface area contributed by atoms with E-state index in [1.165, 1.54) is 49.0 Å². The lowest BCUT2D eigenvalue weighted by molar-refractivity contribution is 0.669. The lowest BCUT2D eigenvalue weighted by Gasteiger charge is -2.29. The van der Waals surface area contributed by atoms with Gasteiger partial charge in [0.25, 0.3) is 0 Å². The Morgan fingerprint density at radius 1 is 0.258 bits per heavy atom. The standard InChI is InChI=1S/C60H39NO/c1-2-11-43(12-3-1)55-34-27-48(47-20-18-40-10-4-5-14-45(40)36-47)38-58(55)61(52-31-24-42(25-32-52)49-28-35-57-56-16-8-9-17-59(56)62-60(57)39-49)51-29-22-41(23-30-51)46-26-33-54-50(37-46)21-19-44-13-6-7-15-53(44)54/h1-39H. The van der Waals surface area contributed by atoms with Crippen LogP contribution in [-0.2, 0) is 0 Å². The van der Waals surface area contributed by atoms with Crippen LogP contribution in [0.15, 0.2) is 241 Å². The first kappa shape index (κ1) is 35.7. The molecular weight excluding hydrogens is 751 g/mol. The quantitative estimate of drug-likeness (QED) is 0.150. The van der Waals surface area contributed by atoms with E-state index < -0.39 is 0 Å². The van der Waals surface area contributed by atoms with Crippen molar-refractivity contribution in [1.82, 2.24) is 0 Å². The summed E-state index contributed by atoms with van der Waals surface area (Å²) in [4.78, 5) is 2.41. The highest BCUT2D eigenvalue weighted by Gasteiger charge is 2.20. The van der Waals surface area contributed by atoms with Crippen LogP contribution >= 0.6 is 0 Å². The zero-order chi connectivity index (χ0) is 41.0. The Bertz CT molecular complexity index is 3620. The number of anilines is 3. The minimum absolute atomic E-state index is 0.896. The Morgan fingerprint density at radius 3 is 1.52 bits per heavy atom. The van der Waals surface area contributed by atoms with E-state index in [1.54, 1.807) is 0 Å². The second-order valence-electron chi connectivity index (χ2n) is 16.1. The maximum absolute atomic E-state index is 6.29. The molecule has 2 heteroatoms. The first-order chi connectivity index (χ1) is 30.7. The number of fused-ring (bicyclic) bond motifs is 7. The van der Waals surface area contributed by atoms with Gasteiger partial charge in [-0.15, -0.1) is 0 Å². The van der Waals surface area contributed by atoms with Crippen molar-refractivity contribution in [3.8, 4) is 44.5 Å². The van der Waals surface area contributed by atoms with Gasteiger partial charge in [0, 0.05) is 27.7 Å². The first-order valence-electron chi connectivity index (χ1n) is 21.2. The summed E-state index contributed by atoms with van der Waals surface area (Å²) in [5.74, 6) is 0. The van der Waals surface area contributed by atoms with Crippen molar-refractivity contribution in [1.29, 1.82) is 0 Å². The van der Waals surface area contributed by atoms with Crippen molar-refractivity contribution in [3.05, 3.63) is 237 Å². The molecule has 11 aromatic carbocycles. The summed E-state index contributed by atoms with van der Waals surface area (Å²) in [5.41, 5.74) is 14.3. The van der Waals surface area contributed by atoms with E-state index in [0.29, 0.717) is 0 Å². The maximum Gasteiger partial charge on any atom is 0.136 e. The van der Waals surface area contributed by atoms with Crippen LogP contribution in [0, 0.1) is 0 Å². The topological polar surface area (TPSA) is 16.4 Å². The second-order valence-corrected chi connectivity index (χ2v) is 16.1. The van der Waals surface area contributed by atoms with E-state index >= 15 is 0 Å². The predicted molar refractivity (Wildman–Crippen MR) is 263 cm³/mol. The third kappa shape index (κ3) is 6.29. The monoisotopic (exact) mass is 789 g/mol. The minimum atomic E-state index is 0.896. The Balaban J connectivity index is 0.997. The van der Waals surface area contributed by atoms with Gasteiger partial charge in [0.1, 0.15) is 11.2 Å². The fraction of sp³-hybridized carbons (Fsp3) is 0. The van der Waals surface area contributed by atoms with E-state index in [9.17, 15) is 0 Å². The van der Waals surface area contributed by atoms with Crippen molar-refractivity contribution in [2.45, 2.75) is 0 Å². The molecule has 290 valence electrons. The van der Waals surface area contributed by atoms with Crippen molar-refractivity contribution in [2.24, 2.45) is 0 Å². The molecule has 0 amide bonds. The van der Waals surface area contributed by atoms with Gasteiger partial charge >= 0.3 is 0 Å². The van der Waals surface area contributed by atoms with E-state index in [4.69, 9.17) is 4.42 Å². The van der Waals surface area contributed by atoms with Gasteiger partial charge in [0.2, 0.25) is 0 Å². The first-order valence-corrected chi connectivity index (χ1v) is 21.2. The minimum Gasteiger partial charge on any atom is -0.456 e. The molecule has 0 aliphatic rings. The highest BCUT2D eigenvalue weighted by molar-refractivity contribution is 6.09. The molecule has 0 N–H and O–H groups in total. The Kier molecular flexibility index (Phi) is 8.53. The molecule has 0 aliphatic heterocycles. The lowest BCUT2D eigenvalue weighted by Crippen LogP contribution is -2.11. The van der Waals surface area contributed by atoms with Crippen LogP contribution < -0.4 is 4.90 Å². The summed E-state index contributed by atoms with van der Waals surface area (Å²) in [5, 5.41) is 9.79. The van der Waals surface area contributed by atoms with Crippen molar-refractivity contribution < 1.29 is 4.42 Å². The van der Waals surface area contributed by atoms with Crippen LogP contribution in [0.25, 0.3) is 98.8 Å². The molecule has 0 atom stereocenters. The van der Waals surface area contributed by atoms with Gasteiger partial charge in [-0.25, -0.2) is 0 Å². The number of benzene rings is 11. The molecule has 1 aromatic heterocycles. The molecular formula is C60H39NO. The van der Waals surface area contributed by atoms with E-state index in [-0.39, 0.29) is 0 Å². The molecule has 0 radical (unpaired) electrons. The summed E-state index contributed by atoms with van der Waals surface area (Å²) < 4.78 is 6.29. The van der Waals surface area contributed by atoms with Crippen LogP contribution in [0.2, 0.25) is 0 Å². The van der Waals surface area contributed by atoms with Gasteiger partial charge in [0.15, 0.2) is 0 Å². The SMILES string of the molecule is c1ccc(-c2ccc(-c3ccc4ccccc4c3)cc2N(c2ccc(-c3ccc4c(ccc5ccccc54)c3)cc2)c2ccc(-c3ccc4c(c3)oc3ccccc34)cc2)cc1. The Labute approximate surface area is 360 Å². The maximum atomic E-state index is 6.29. The van der Waals surface area contributed by atoms with E-state index in [1.807, 2.05) is 12.1 Å². The van der Waals surface area contributed by atoms with Crippen LogP contribution in [0.3, 0.4) is 0 Å². The molecule has 0 saturated heterocycles. The number of furan rings is 1. The largest absolute Gasteiger partial charge is 0.456 e. The summed E-state index contributed by atoms with van der Waals surface area (Å²) >= 11 is 0. The molecule has 2 nitrogen and oxygen atoms in total. The molecule has 0 bridgehead atoms. The molecule has 12 rings (SSSR count). The van der Waals surface area contributed by atoms with Crippen LogP contribution in [0.1, 0.15) is 0 Å². The molecule has 0 spiro atoms. The summed E-state index contributed by atoms with van der Waals surface area (Å²) in [6.45, 7) is 0. The number of para-hydroxylation sites is 1. The molecule has 1 heterocycles. The highest BCUT2D eigenvalue weighted by atomic mass is 16.3. The summed E-state index contributed by atoms with van der Waals surface area (Å²) in [7, 11) is 0. The average molecular weight is 790 g/mol. The van der Waals surface area contributed by atoms with Gasteiger partial charge < -0.3 is 9.32 Å². The van der Waals surface area contributed by atoms with Gasteiger partial charge in [-0.3, -0.25) is 0 Å². The predicted octanol–water partition coefficient (Wildman–Crippen LogP) is 17.2. The number of hydrogen-bond acceptors (Lipinski definition) is 2. The molecule has 12 aromatic rings. The van der Waals surface area contributed by atoms with Gasteiger partial charge in [-0.05, 0) is 132 Å². The van der Waals surface area contributed by atoms with Crippen molar-refractivity contribution in [3.63, 3.8) is 0 Å². The summed E-state index contributed by atoms with van der Waals surface area (Å²) in [6.07, 6.45) is 0. The van der Waals surface area contributed by atoms with Gasteiger partial charge in [-0.1, -0.05) is 176 Å². The molecule has 0 aliphatic carbocycles. The second kappa shape index (κ2) is 14.8. The van der Waals surface area contributed by atoms with Crippen LogP contribution in [-0.4, -0.2) is 0 Å². The third-order valence-corrected chi connectivity index (χ3v) is 12.4. The van der Waals surface area contributed by atoms with E-state index in [2.05, 4.69) is 229 Å². The van der Waals surface area contributed by atoms with Crippen LogP contribution in [0.5, 0.6) is 0 Å². The smallest absolute Gasteiger partial charge is 0.136 e. The highest BCUT2D eigenvalue weighted by Crippen LogP contribution is 2.44. The zero-order valence-corrected chi connectivity index (χ0v) is 33.9. The van der Waals surface area contributed by atoms with E-state index in [0.717, 1.165) is 66.8 Å². The molecule has 0 fully saturated rings. The normalized spacial score (nSPS) is 11.5. The van der Waals surface area contributed by atoms with Crippen LogP contribution in [0.4, 0.5) is 17.1 Å². The lowest BCUT2D eigenvalue weighted by atomic mass is 9.95. The van der Waals surface area contributed by atoms with Gasteiger partial charge in [-0.2, -0.15) is 0 Å². The van der Waals surface area contributed by atoms with Crippen molar-refractivity contribution in [2.75, 3.05) is 4.90 Å². The molecule has 0 saturated carbocycles. The van der Waals surface area contributed by atoms with Crippen molar-refractivity contribution >= 4 is 71.3 Å².